The molecule has 0 spiro atoms. The molecule has 122 valence electrons. The normalized spacial score (nSPS) is 29.2. The first-order chi connectivity index (χ1) is 10.1. The molecule has 0 aromatic heterocycles. The fraction of sp³-hybridized carbons (Fsp3) is 0.938. The molecule has 0 radical (unpaired) electrons. The van der Waals surface area contributed by atoms with Crippen LogP contribution in [-0.2, 0) is 0 Å². The van der Waals surface area contributed by atoms with Gasteiger partial charge in [-0.2, -0.15) is 0 Å². The molecule has 21 heavy (non-hydrogen) atoms. The van der Waals surface area contributed by atoms with E-state index >= 15 is 0 Å². The van der Waals surface area contributed by atoms with E-state index in [-0.39, 0.29) is 0 Å². The van der Waals surface area contributed by atoms with E-state index in [1.165, 1.54) is 39.1 Å². The number of piperazine rings is 1. The number of rotatable bonds is 6. The van der Waals surface area contributed by atoms with Gasteiger partial charge in [0, 0.05) is 44.8 Å². The average molecular weight is 295 g/mol. The van der Waals surface area contributed by atoms with Gasteiger partial charge in [0.2, 0.25) is 0 Å². The number of likely N-dealkylation sites (N-methyl/N-ethyl adjacent to an activating group) is 1. The van der Waals surface area contributed by atoms with E-state index in [4.69, 9.17) is 4.99 Å². The predicted octanol–water partition coefficient (Wildman–Crippen LogP) is 0.976. The van der Waals surface area contributed by atoms with E-state index in [9.17, 15) is 0 Å². The van der Waals surface area contributed by atoms with E-state index in [2.05, 4.69) is 48.1 Å². The third-order valence-electron chi connectivity index (χ3n) is 4.77. The van der Waals surface area contributed by atoms with E-state index in [0.29, 0.717) is 12.1 Å². The minimum absolute atomic E-state index is 0.524. The molecule has 0 aromatic carbocycles. The Kier molecular flexibility index (Phi) is 6.30. The summed E-state index contributed by atoms with van der Waals surface area (Å²) < 4.78 is 0. The van der Waals surface area contributed by atoms with Gasteiger partial charge in [-0.15, -0.1) is 0 Å². The van der Waals surface area contributed by atoms with E-state index < -0.39 is 0 Å². The van der Waals surface area contributed by atoms with Crippen LogP contribution >= 0.6 is 0 Å². The van der Waals surface area contributed by atoms with Gasteiger partial charge in [0.1, 0.15) is 0 Å². The van der Waals surface area contributed by atoms with Crippen molar-refractivity contribution in [1.29, 1.82) is 0 Å². The number of hydrogen-bond donors (Lipinski definition) is 2. The van der Waals surface area contributed by atoms with Gasteiger partial charge in [-0.05, 0) is 32.7 Å². The molecule has 1 aliphatic heterocycles. The van der Waals surface area contributed by atoms with Gasteiger partial charge in [0.05, 0.1) is 6.54 Å². The molecular weight excluding hydrogens is 262 g/mol. The molecule has 1 saturated heterocycles. The molecule has 5 heteroatoms. The van der Waals surface area contributed by atoms with Crippen LogP contribution in [0, 0.1) is 5.92 Å². The number of nitrogens with zero attached hydrogens (tertiary/aromatic N) is 3. The standard InChI is InChI=1S/C16H33N5/c1-5-17-16(19-15-11-13(15)3)18-12-14(4)21-9-7-20(6-2)8-10-21/h13-15H,5-12H2,1-4H3,(H2,17,18,19). The van der Waals surface area contributed by atoms with Crippen LogP contribution < -0.4 is 10.6 Å². The Labute approximate surface area is 130 Å². The van der Waals surface area contributed by atoms with Crippen LogP contribution in [0.3, 0.4) is 0 Å². The molecule has 2 aliphatic rings. The average Bonchev–Trinajstić information content (AvgIpc) is 3.20. The second kappa shape index (κ2) is 7.99. The van der Waals surface area contributed by atoms with Gasteiger partial charge in [-0.1, -0.05) is 13.8 Å². The van der Waals surface area contributed by atoms with Crippen molar-refractivity contribution in [3.63, 3.8) is 0 Å². The summed E-state index contributed by atoms with van der Waals surface area (Å²) in [6.07, 6.45) is 1.28. The van der Waals surface area contributed by atoms with Gasteiger partial charge >= 0.3 is 0 Å². The highest BCUT2D eigenvalue weighted by atomic mass is 15.3. The quantitative estimate of drug-likeness (QED) is 0.566. The summed E-state index contributed by atoms with van der Waals surface area (Å²) in [4.78, 5) is 9.87. The first-order valence-corrected chi connectivity index (χ1v) is 8.65. The molecule has 1 saturated carbocycles. The topological polar surface area (TPSA) is 42.9 Å². The fourth-order valence-corrected chi connectivity index (χ4v) is 2.88. The zero-order valence-electron chi connectivity index (χ0n) is 14.2. The molecule has 5 nitrogen and oxygen atoms in total. The maximum atomic E-state index is 4.78. The molecule has 0 amide bonds. The van der Waals surface area contributed by atoms with Crippen LogP contribution in [-0.4, -0.2) is 73.7 Å². The van der Waals surface area contributed by atoms with Crippen LogP contribution in [0.15, 0.2) is 4.99 Å². The number of hydrogen-bond acceptors (Lipinski definition) is 3. The zero-order valence-corrected chi connectivity index (χ0v) is 14.2. The van der Waals surface area contributed by atoms with Crippen molar-refractivity contribution in [2.75, 3.05) is 45.8 Å². The molecule has 2 fully saturated rings. The Morgan fingerprint density at radius 3 is 2.43 bits per heavy atom. The van der Waals surface area contributed by atoms with Crippen molar-refractivity contribution in [1.82, 2.24) is 20.4 Å². The largest absolute Gasteiger partial charge is 0.357 e. The molecule has 2 N–H and O–H groups in total. The van der Waals surface area contributed by atoms with Crippen LogP contribution in [0.5, 0.6) is 0 Å². The monoisotopic (exact) mass is 295 g/mol. The zero-order chi connectivity index (χ0) is 15.2. The Morgan fingerprint density at radius 1 is 1.24 bits per heavy atom. The molecule has 2 rings (SSSR count). The first-order valence-electron chi connectivity index (χ1n) is 8.65. The van der Waals surface area contributed by atoms with Gasteiger partial charge in [-0.3, -0.25) is 9.89 Å². The molecule has 3 unspecified atom stereocenters. The number of aliphatic imine (C=N–C) groups is 1. The van der Waals surface area contributed by atoms with Crippen molar-refractivity contribution >= 4 is 5.96 Å². The third kappa shape index (κ3) is 5.15. The van der Waals surface area contributed by atoms with Crippen LogP contribution in [0.25, 0.3) is 0 Å². The smallest absolute Gasteiger partial charge is 0.191 e. The highest BCUT2D eigenvalue weighted by Crippen LogP contribution is 2.28. The van der Waals surface area contributed by atoms with Crippen LogP contribution in [0.1, 0.15) is 34.1 Å². The van der Waals surface area contributed by atoms with Crippen LogP contribution in [0.2, 0.25) is 0 Å². The van der Waals surface area contributed by atoms with Crippen molar-refractivity contribution in [2.24, 2.45) is 10.9 Å². The molecular formula is C16H33N5. The molecule has 3 atom stereocenters. The second-order valence-corrected chi connectivity index (χ2v) is 6.50. The second-order valence-electron chi connectivity index (χ2n) is 6.50. The fourth-order valence-electron chi connectivity index (χ4n) is 2.88. The minimum Gasteiger partial charge on any atom is -0.357 e. The van der Waals surface area contributed by atoms with Crippen LogP contribution in [0.4, 0.5) is 0 Å². The maximum absolute atomic E-state index is 4.78. The van der Waals surface area contributed by atoms with Crippen molar-refractivity contribution < 1.29 is 0 Å². The summed E-state index contributed by atoms with van der Waals surface area (Å²) in [5.41, 5.74) is 0. The Hall–Kier alpha value is -0.810. The first kappa shape index (κ1) is 16.6. The summed E-state index contributed by atoms with van der Waals surface area (Å²) >= 11 is 0. The van der Waals surface area contributed by atoms with Gasteiger partial charge in [0.25, 0.3) is 0 Å². The Bertz CT molecular complexity index is 336. The third-order valence-corrected chi connectivity index (χ3v) is 4.77. The van der Waals surface area contributed by atoms with E-state index in [0.717, 1.165) is 25.0 Å². The maximum Gasteiger partial charge on any atom is 0.191 e. The van der Waals surface area contributed by atoms with Crippen molar-refractivity contribution in [3.05, 3.63) is 0 Å². The van der Waals surface area contributed by atoms with Crippen molar-refractivity contribution in [3.8, 4) is 0 Å². The lowest BCUT2D eigenvalue weighted by Gasteiger charge is -2.37. The predicted molar refractivity (Wildman–Crippen MR) is 89.8 cm³/mol. The SMILES string of the molecule is CCNC(=NCC(C)N1CCN(CC)CC1)NC1CC1C. The molecule has 1 aliphatic carbocycles. The summed E-state index contributed by atoms with van der Waals surface area (Å²) in [6.45, 7) is 16.7. The van der Waals surface area contributed by atoms with Gasteiger partial charge < -0.3 is 15.5 Å². The van der Waals surface area contributed by atoms with Gasteiger partial charge in [-0.25, -0.2) is 0 Å². The Morgan fingerprint density at radius 2 is 1.90 bits per heavy atom. The summed E-state index contributed by atoms with van der Waals surface area (Å²) in [5.74, 6) is 1.79. The summed E-state index contributed by atoms with van der Waals surface area (Å²) in [7, 11) is 0. The lowest BCUT2D eigenvalue weighted by atomic mass is 10.2. The van der Waals surface area contributed by atoms with Gasteiger partial charge in [0.15, 0.2) is 5.96 Å². The lowest BCUT2D eigenvalue weighted by Crippen LogP contribution is -2.50. The molecule has 1 heterocycles. The van der Waals surface area contributed by atoms with Crippen molar-refractivity contribution in [2.45, 2.75) is 46.2 Å². The summed E-state index contributed by atoms with van der Waals surface area (Å²) in [5, 5.41) is 6.89. The number of nitrogens with one attached hydrogen (secondary N) is 2. The summed E-state index contributed by atoms with van der Waals surface area (Å²) in [6, 6.07) is 1.15. The highest BCUT2D eigenvalue weighted by Gasteiger charge is 2.33. The lowest BCUT2D eigenvalue weighted by molar-refractivity contribution is 0.109. The molecule has 0 bridgehead atoms. The number of guanidine groups is 1. The molecule has 0 aromatic rings. The highest BCUT2D eigenvalue weighted by molar-refractivity contribution is 5.80. The van der Waals surface area contributed by atoms with E-state index in [1.54, 1.807) is 0 Å². The van der Waals surface area contributed by atoms with E-state index in [1.807, 2.05) is 0 Å². The minimum atomic E-state index is 0.524. The Balaban J connectivity index is 1.76.